The lowest BCUT2D eigenvalue weighted by Gasteiger charge is -2.10. The average molecular weight is 366 g/mol. The molecule has 1 aromatic heterocycles. The molecule has 2 aromatic carbocycles. The van der Waals surface area contributed by atoms with E-state index >= 15 is 0 Å². The molecule has 0 aliphatic rings. The van der Waals surface area contributed by atoms with Gasteiger partial charge in [0.2, 0.25) is 0 Å². The Morgan fingerprint density at radius 2 is 1.88 bits per heavy atom. The Balaban J connectivity index is 1.83. The Morgan fingerprint density at radius 1 is 1.15 bits per heavy atom. The number of aliphatic carboxylic acids is 1. The fourth-order valence-electron chi connectivity index (χ4n) is 2.22. The summed E-state index contributed by atoms with van der Waals surface area (Å²) in [6, 6.07) is 18.2. The van der Waals surface area contributed by atoms with Crippen molar-refractivity contribution in [1.29, 1.82) is 5.26 Å². The topological polar surface area (TPSA) is 101 Å². The van der Waals surface area contributed by atoms with Gasteiger partial charge in [-0.2, -0.15) is 5.26 Å². The summed E-state index contributed by atoms with van der Waals surface area (Å²) in [6.45, 7) is 0.154. The Labute approximate surface area is 153 Å². The van der Waals surface area contributed by atoms with Crippen LogP contribution in [-0.4, -0.2) is 31.6 Å². The van der Waals surface area contributed by atoms with Crippen LogP contribution in [0.25, 0.3) is 5.69 Å². The lowest BCUT2D eigenvalue weighted by atomic mass is 10.2. The summed E-state index contributed by atoms with van der Waals surface area (Å²) >= 11 is 1.10. The minimum Gasteiger partial charge on any atom is -0.486 e. The van der Waals surface area contributed by atoms with E-state index in [-0.39, 0.29) is 12.4 Å². The standard InChI is InChI=1S/C18H14N4O3S/c19-10-13-6-8-15(9-7-13)25-11-16-20-21-18(26-12-17(23)24)22(16)14-4-2-1-3-5-14/h1-9H,11-12H2,(H,23,24). The van der Waals surface area contributed by atoms with E-state index in [1.807, 2.05) is 30.3 Å². The molecule has 130 valence electrons. The number of carboxylic acids is 1. The number of carboxylic acid groups (broad SMARTS) is 1. The highest BCUT2D eigenvalue weighted by Gasteiger charge is 2.16. The maximum atomic E-state index is 10.9. The summed E-state index contributed by atoms with van der Waals surface area (Å²) in [4.78, 5) is 10.9. The van der Waals surface area contributed by atoms with Gasteiger partial charge in [-0.25, -0.2) is 0 Å². The van der Waals surface area contributed by atoms with Crippen LogP contribution in [0.15, 0.2) is 59.8 Å². The number of benzene rings is 2. The zero-order valence-electron chi connectivity index (χ0n) is 13.6. The third kappa shape index (κ3) is 4.20. The van der Waals surface area contributed by atoms with Gasteiger partial charge in [0, 0.05) is 5.69 Å². The van der Waals surface area contributed by atoms with Gasteiger partial charge in [0.25, 0.3) is 0 Å². The second kappa shape index (κ2) is 8.18. The number of thioether (sulfide) groups is 1. The van der Waals surface area contributed by atoms with E-state index in [2.05, 4.69) is 16.3 Å². The third-order valence-electron chi connectivity index (χ3n) is 3.39. The summed E-state index contributed by atoms with van der Waals surface area (Å²) < 4.78 is 7.51. The van der Waals surface area contributed by atoms with E-state index in [4.69, 9.17) is 15.1 Å². The molecule has 0 aliphatic heterocycles. The SMILES string of the molecule is N#Cc1ccc(OCc2nnc(SCC(=O)O)n2-c2ccccc2)cc1. The highest BCUT2D eigenvalue weighted by atomic mass is 32.2. The predicted octanol–water partition coefficient (Wildman–Crippen LogP) is 2.89. The first-order chi connectivity index (χ1) is 12.7. The van der Waals surface area contributed by atoms with Crippen molar-refractivity contribution >= 4 is 17.7 Å². The number of hydrogen-bond donors (Lipinski definition) is 1. The summed E-state index contributed by atoms with van der Waals surface area (Å²) in [5, 5.41) is 26.5. The van der Waals surface area contributed by atoms with Crippen LogP contribution in [0, 0.1) is 11.3 Å². The van der Waals surface area contributed by atoms with E-state index in [1.165, 1.54) is 0 Å². The first-order valence-corrected chi connectivity index (χ1v) is 8.63. The molecule has 0 spiro atoms. The number of carbonyl (C=O) groups is 1. The molecular formula is C18H14N4O3S. The second-order valence-corrected chi connectivity index (χ2v) is 6.12. The van der Waals surface area contributed by atoms with Crippen molar-refractivity contribution in [2.24, 2.45) is 0 Å². The van der Waals surface area contributed by atoms with Gasteiger partial charge in [-0.05, 0) is 36.4 Å². The molecule has 0 saturated carbocycles. The van der Waals surface area contributed by atoms with Crippen molar-refractivity contribution in [3.8, 4) is 17.5 Å². The molecule has 0 radical (unpaired) electrons. The van der Waals surface area contributed by atoms with E-state index in [0.717, 1.165) is 17.4 Å². The van der Waals surface area contributed by atoms with Gasteiger partial charge in [-0.15, -0.1) is 10.2 Å². The summed E-state index contributed by atoms with van der Waals surface area (Å²) in [7, 11) is 0. The third-order valence-corrected chi connectivity index (χ3v) is 4.30. The van der Waals surface area contributed by atoms with Crippen molar-refractivity contribution in [3.05, 3.63) is 66.0 Å². The number of nitriles is 1. The van der Waals surface area contributed by atoms with Crippen molar-refractivity contribution in [1.82, 2.24) is 14.8 Å². The Kier molecular flexibility index (Phi) is 5.51. The first-order valence-electron chi connectivity index (χ1n) is 7.64. The van der Waals surface area contributed by atoms with Crippen LogP contribution in [0.3, 0.4) is 0 Å². The molecule has 8 heteroatoms. The summed E-state index contributed by atoms with van der Waals surface area (Å²) in [5.74, 6) is 0.120. The van der Waals surface area contributed by atoms with E-state index in [0.29, 0.717) is 22.3 Å². The highest BCUT2D eigenvalue weighted by molar-refractivity contribution is 7.99. The maximum absolute atomic E-state index is 10.9. The van der Waals surface area contributed by atoms with Crippen LogP contribution < -0.4 is 4.74 Å². The second-order valence-electron chi connectivity index (χ2n) is 5.18. The van der Waals surface area contributed by atoms with Crippen LogP contribution in [0.4, 0.5) is 0 Å². The van der Waals surface area contributed by atoms with Crippen molar-refractivity contribution in [2.75, 3.05) is 5.75 Å². The monoisotopic (exact) mass is 366 g/mol. The molecule has 0 atom stereocenters. The van der Waals surface area contributed by atoms with Crippen LogP contribution in [-0.2, 0) is 11.4 Å². The lowest BCUT2D eigenvalue weighted by Crippen LogP contribution is -2.07. The molecule has 1 N–H and O–H groups in total. The Bertz CT molecular complexity index is 933. The average Bonchev–Trinajstić information content (AvgIpc) is 3.08. The lowest BCUT2D eigenvalue weighted by molar-refractivity contribution is -0.133. The number of hydrogen-bond acceptors (Lipinski definition) is 6. The minimum atomic E-state index is -0.923. The van der Waals surface area contributed by atoms with Gasteiger partial charge in [0.1, 0.15) is 12.4 Å². The normalized spacial score (nSPS) is 10.3. The summed E-state index contributed by atoms with van der Waals surface area (Å²) in [5.41, 5.74) is 1.38. The quantitative estimate of drug-likeness (QED) is 0.642. The zero-order valence-corrected chi connectivity index (χ0v) is 14.4. The molecule has 3 rings (SSSR count). The van der Waals surface area contributed by atoms with Crippen molar-refractivity contribution in [2.45, 2.75) is 11.8 Å². The number of nitrogens with zero attached hydrogens (tertiary/aromatic N) is 4. The zero-order chi connectivity index (χ0) is 18.4. The molecule has 0 aliphatic carbocycles. The minimum absolute atomic E-state index is 0.110. The molecule has 0 amide bonds. The first kappa shape index (κ1) is 17.5. The van der Waals surface area contributed by atoms with Gasteiger partial charge in [0.15, 0.2) is 11.0 Å². The molecule has 7 nitrogen and oxygen atoms in total. The van der Waals surface area contributed by atoms with E-state index in [1.54, 1.807) is 28.8 Å². The fourth-order valence-corrected chi connectivity index (χ4v) is 2.91. The Morgan fingerprint density at radius 3 is 2.54 bits per heavy atom. The molecule has 1 heterocycles. The van der Waals surface area contributed by atoms with E-state index < -0.39 is 5.97 Å². The molecular weight excluding hydrogens is 352 g/mol. The van der Waals surface area contributed by atoms with Crippen LogP contribution >= 0.6 is 11.8 Å². The van der Waals surface area contributed by atoms with Crippen molar-refractivity contribution < 1.29 is 14.6 Å². The van der Waals surface area contributed by atoms with E-state index in [9.17, 15) is 4.79 Å². The smallest absolute Gasteiger partial charge is 0.313 e. The number of aromatic nitrogens is 3. The number of para-hydroxylation sites is 1. The maximum Gasteiger partial charge on any atom is 0.313 e. The van der Waals surface area contributed by atoms with Crippen LogP contribution in [0.5, 0.6) is 5.75 Å². The molecule has 3 aromatic rings. The number of rotatable bonds is 7. The molecule has 0 bridgehead atoms. The molecule has 0 fully saturated rings. The van der Waals surface area contributed by atoms with Crippen LogP contribution in [0.2, 0.25) is 0 Å². The van der Waals surface area contributed by atoms with Gasteiger partial charge in [-0.1, -0.05) is 30.0 Å². The van der Waals surface area contributed by atoms with Gasteiger partial charge >= 0.3 is 5.97 Å². The highest BCUT2D eigenvalue weighted by Crippen LogP contribution is 2.23. The van der Waals surface area contributed by atoms with Crippen molar-refractivity contribution in [3.63, 3.8) is 0 Å². The van der Waals surface area contributed by atoms with Gasteiger partial charge in [0.05, 0.1) is 17.4 Å². The molecule has 0 saturated heterocycles. The predicted molar refractivity (Wildman–Crippen MR) is 95.2 cm³/mol. The van der Waals surface area contributed by atoms with Crippen LogP contribution in [0.1, 0.15) is 11.4 Å². The molecule has 0 unspecified atom stereocenters. The van der Waals surface area contributed by atoms with Gasteiger partial charge in [-0.3, -0.25) is 9.36 Å². The fraction of sp³-hybridized carbons (Fsp3) is 0.111. The van der Waals surface area contributed by atoms with Gasteiger partial charge < -0.3 is 9.84 Å². The largest absolute Gasteiger partial charge is 0.486 e. The number of ether oxygens (including phenoxy) is 1. The Hall–Kier alpha value is -3.31. The summed E-state index contributed by atoms with van der Waals surface area (Å²) in [6.07, 6.45) is 0. The molecule has 26 heavy (non-hydrogen) atoms.